The van der Waals surface area contributed by atoms with Crippen molar-refractivity contribution in [3.8, 4) is 0 Å². The van der Waals surface area contributed by atoms with Crippen LogP contribution in [0.5, 0.6) is 0 Å². The first-order valence-electron chi connectivity index (χ1n) is 7.69. The summed E-state index contributed by atoms with van der Waals surface area (Å²) >= 11 is 0. The molecule has 1 saturated heterocycles. The number of carbonyl (C=O) groups is 2. The van der Waals surface area contributed by atoms with Gasteiger partial charge in [0.25, 0.3) is 0 Å². The highest BCUT2D eigenvalue weighted by atomic mass is 16.4. The topological polar surface area (TPSA) is 77.8 Å². The number of aliphatic hydroxyl groups is 1. The van der Waals surface area contributed by atoms with E-state index in [1.807, 2.05) is 4.90 Å². The molecule has 0 aromatic rings. The molecule has 1 aliphatic heterocycles. The molecule has 5 nitrogen and oxygen atoms in total. The largest absolute Gasteiger partial charge is 0.481 e. The fraction of sp³-hybridized carbons (Fsp3) is 0.867. The van der Waals surface area contributed by atoms with Gasteiger partial charge in [-0.25, -0.2) is 0 Å². The van der Waals surface area contributed by atoms with Crippen LogP contribution in [0.2, 0.25) is 0 Å². The number of aliphatic carboxylic acids is 1. The number of amides is 1. The summed E-state index contributed by atoms with van der Waals surface area (Å²) in [6.07, 6.45) is 3.95. The monoisotopic (exact) mass is 283 g/mol. The number of rotatable bonds is 5. The van der Waals surface area contributed by atoms with E-state index in [1.165, 1.54) is 0 Å². The maximum Gasteiger partial charge on any atom is 0.307 e. The van der Waals surface area contributed by atoms with Crippen LogP contribution in [0.4, 0.5) is 0 Å². The molecular weight excluding hydrogens is 258 g/mol. The van der Waals surface area contributed by atoms with E-state index in [-0.39, 0.29) is 18.4 Å². The Bertz CT molecular complexity index is 371. The maximum absolute atomic E-state index is 12.6. The Morgan fingerprint density at radius 2 is 1.90 bits per heavy atom. The summed E-state index contributed by atoms with van der Waals surface area (Å²) in [6, 6.07) is 0. The minimum Gasteiger partial charge on any atom is -0.481 e. The van der Waals surface area contributed by atoms with Crippen molar-refractivity contribution in [2.75, 3.05) is 19.7 Å². The second kappa shape index (κ2) is 6.57. The number of aliphatic hydroxyl groups excluding tert-OH is 1. The predicted octanol–water partition coefficient (Wildman–Crippen LogP) is 1.35. The lowest BCUT2D eigenvalue weighted by Gasteiger charge is -2.23. The van der Waals surface area contributed by atoms with E-state index in [2.05, 4.69) is 6.92 Å². The van der Waals surface area contributed by atoms with Crippen LogP contribution in [-0.2, 0) is 9.59 Å². The predicted molar refractivity (Wildman–Crippen MR) is 74.0 cm³/mol. The average molecular weight is 283 g/mol. The molecule has 2 aliphatic rings. The molecule has 20 heavy (non-hydrogen) atoms. The quantitative estimate of drug-likeness (QED) is 0.798. The molecule has 1 heterocycles. The molecule has 4 unspecified atom stereocenters. The van der Waals surface area contributed by atoms with Gasteiger partial charge in [-0.15, -0.1) is 0 Å². The summed E-state index contributed by atoms with van der Waals surface area (Å²) in [6.45, 7) is 3.61. The highest BCUT2D eigenvalue weighted by Crippen LogP contribution is 2.40. The Hall–Kier alpha value is -1.10. The normalized spacial score (nSPS) is 33.6. The zero-order chi connectivity index (χ0) is 14.7. The maximum atomic E-state index is 12.6. The average Bonchev–Trinajstić information content (AvgIpc) is 3.04. The first-order chi connectivity index (χ1) is 9.56. The minimum absolute atomic E-state index is 0.0220. The molecular formula is C15H25NO4. The van der Waals surface area contributed by atoms with Gasteiger partial charge in [0.1, 0.15) is 0 Å². The number of nitrogens with zero attached hydrogens (tertiary/aromatic N) is 1. The van der Waals surface area contributed by atoms with Gasteiger partial charge in [0.15, 0.2) is 0 Å². The smallest absolute Gasteiger partial charge is 0.307 e. The molecule has 0 spiro atoms. The lowest BCUT2D eigenvalue weighted by atomic mass is 9.95. The van der Waals surface area contributed by atoms with Gasteiger partial charge in [-0.05, 0) is 37.5 Å². The highest BCUT2D eigenvalue weighted by molar-refractivity contribution is 5.85. The van der Waals surface area contributed by atoms with E-state index in [1.54, 1.807) is 0 Å². The lowest BCUT2D eigenvalue weighted by Crippen LogP contribution is -2.38. The molecule has 114 valence electrons. The van der Waals surface area contributed by atoms with Crippen LogP contribution in [0.25, 0.3) is 0 Å². The molecule has 0 aromatic carbocycles. The molecule has 0 aromatic heterocycles. The van der Waals surface area contributed by atoms with Crippen molar-refractivity contribution in [1.82, 2.24) is 4.90 Å². The zero-order valence-corrected chi connectivity index (χ0v) is 12.1. The second-order valence-electron chi connectivity index (χ2n) is 6.25. The summed E-state index contributed by atoms with van der Waals surface area (Å²) in [7, 11) is 0. The molecule has 2 fully saturated rings. The van der Waals surface area contributed by atoms with E-state index in [9.17, 15) is 14.7 Å². The van der Waals surface area contributed by atoms with E-state index in [0.29, 0.717) is 37.8 Å². The van der Waals surface area contributed by atoms with Crippen molar-refractivity contribution in [2.24, 2.45) is 23.7 Å². The van der Waals surface area contributed by atoms with E-state index in [0.717, 1.165) is 19.3 Å². The number of hydrogen-bond donors (Lipinski definition) is 2. The highest BCUT2D eigenvalue weighted by Gasteiger charge is 2.44. The third-order valence-corrected chi connectivity index (χ3v) is 5.01. The van der Waals surface area contributed by atoms with Gasteiger partial charge < -0.3 is 15.1 Å². The fourth-order valence-corrected chi connectivity index (χ4v) is 3.71. The van der Waals surface area contributed by atoms with E-state index >= 15 is 0 Å². The van der Waals surface area contributed by atoms with Gasteiger partial charge >= 0.3 is 5.97 Å². The van der Waals surface area contributed by atoms with Crippen LogP contribution in [0, 0.1) is 23.7 Å². The van der Waals surface area contributed by atoms with Crippen LogP contribution in [0.3, 0.4) is 0 Å². The Morgan fingerprint density at radius 1 is 1.20 bits per heavy atom. The SMILES string of the molecule is CCC1CC(C(=O)O)C(C(=O)N2CCC(CCO)C2)C1. The van der Waals surface area contributed by atoms with Crippen molar-refractivity contribution in [1.29, 1.82) is 0 Å². The van der Waals surface area contributed by atoms with E-state index in [4.69, 9.17) is 5.11 Å². The number of carbonyl (C=O) groups excluding carboxylic acids is 1. The van der Waals surface area contributed by atoms with Gasteiger partial charge in [0, 0.05) is 19.7 Å². The minimum atomic E-state index is -0.828. The summed E-state index contributed by atoms with van der Waals surface area (Å²) in [5.74, 6) is -0.926. The Kier molecular flexibility index (Phi) is 5.02. The third-order valence-electron chi connectivity index (χ3n) is 5.01. The third kappa shape index (κ3) is 3.14. The molecule has 2 rings (SSSR count). The van der Waals surface area contributed by atoms with Crippen molar-refractivity contribution in [3.05, 3.63) is 0 Å². The molecule has 5 heteroatoms. The second-order valence-corrected chi connectivity index (χ2v) is 6.25. The molecule has 1 aliphatic carbocycles. The van der Waals surface area contributed by atoms with Crippen molar-refractivity contribution >= 4 is 11.9 Å². The first kappa shape index (κ1) is 15.3. The molecule has 0 radical (unpaired) electrons. The summed E-state index contributed by atoms with van der Waals surface area (Å²) in [4.78, 5) is 25.7. The molecule has 1 amide bonds. The molecule has 0 bridgehead atoms. The molecule has 2 N–H and O–H groups in total. The number of carboxylic acids is 1. The zero-order valence-electron chi connectivity index (χ0n) is 12.1. The Morgan fingerprint density at radius 3 is 2.50 bits per heavy atom. The number of hydrogen-bond acceptors (Lipinski definition) is 3. The molecule has 4 atom stereocenters. The summed E-state index contributed by atoms with van der Waals surface area (Å²) < 4.78 is 0. The van der Waals surface area contributed by atoms with Crippen LogP contribution in [-0.4, -0.2) is 46.7 Å². The Balaban J connectivity index is 1.99. The van der Waals surface area contributed by atoms with Crippen LogP contribution in [0.15, 0.2) is 0 Å². The molecule has 1 saturated carbocycles. The van der Waals surface area contributed by atoms with Gasteiger partial charge in [0.05, 0.1) is 11.8 Å². The summed E-state index contributed by atoms with van der Waals surface area (Å²) in [5, 5.41) is 18.3. The van der Waals surface area contributed by atoms with Gasteiger partial charge in [-0.3, -0.25) is 9.59 Å². The van der Waals surface area contributed by atoms with Crippen LogP contribution >= 0.6 is 0 Å². The van der Waals surface area contributed by atoms with Crippen LogP contribution in [0.1, 0.15) is 39.0 Å². The van der Waals surface area contributed by atoms with Crippen LogP contribution < -0.4 is 0 Å². The Labute approximate surface area is 120 Å². The summed E-state index contributed by atoms with van der Waals surface area (Å²) in [5.41, 5.74) is 0. The van der Waals surface area contributed by atoms with Gasteiger partial charge in [-0.1, -0.05) is 13.3 Å². The van der Waals surface area contributed by atoms with Crippen molar-refractivity contribution < 1.29 is 19.8 Å². The lowest BCUT2D eigenvalue weighted by molar-refractivity contribution is -0.148. The van der Waals surface area contributed by atoms with Crippen molar-refractivity contribution in [3.63, 3.8) is 0 Å². The first-order valence-corrected chi connectivity index (χ1v) is 7.69. The van der Waals surface area contributed by atoms with Crippen molar-refractivity contribution in [2.45, 2.75) is 39.0 Å². The number of likely N-dealkylation sites (tertiary alicyclic amines) is 1. The number of carboxylic acid groups (broad SMARTS) is 1. The van der Waals surface area contributed by atoms with E-state index < -0.39 is 11.9 Å². The van der Waals surface area contributed by atoms with Gasteiger partial charge in [-0.2, -0.15) is 0 Å². The fourth-order valence-electron chi connectivity index (χ4n) is 3.71. The standard InChI is InChI=1S/C15H25NO4/c1-2-10-7-12(13(8-10)15(19)20)14(18)16-5-3-11(9-16)4-6-17/h10-13,17H,2-9H2,1H3,(H,19,20). The van der Waals surface area contributed by atoms with Gasteiger partial charge in [0.2, 0.25) is 5.91 Å².